The lowest BCUT2D eigenvalue weighted by molar-refractivity contribution is 0.0955. The highest BCUT2D eigenvalue weighted by Gasteiger charge is 2.15. The molecule has 1 amide bonds. The molecule has 0 heterocycles. The Morgan fingerprint density at radius 3 is 2.80 bits per heavy atom. The number of benzene rings is 1. The molecule has 0 radical (unpaired) electrons. The summed E-state index contributed by atoms with van der Waals surface area (Å²) in [5.74, 6) is 3.45. The lowest BCUT2D eigenvalue weighted by Gasteiger charge is -2.08. The average molecular weight is 332 g/mol. The van der Waals surface area contributed by atoms with Gasteiger partial charge >= 0.3 is 0 Å². The predicted molar refractivity (Wildman–Crippen MR) is 82.7 cm³/mol. The van der Waals surface area contributed by atoms with Crippen molar-refractivity contribution in [3.63, 3.8) is 0 Å². The maximum atomic E-state index is 12.0. The zero-order chi connectivity index (χ0) is 15.2. The van der Waals surface area contributed by atoms with Gasteiger partial charge in [0.2, 0.25) is 0 Å². The minimum atomic E-state index is -3.84. The maximum absolute atomic E-state index is 12.0. The highest BCUT2D eigenvalue weighted by molar-refractivity contribution is 8.13. The Labute approximate surface area is 127 Å². The third kappa shape index (κ3) is 5.08. The van der Waals surface area contributed by atoms with E-state index in [0.29, 0.717) is 29.2 Å². The summed E-state index contributed by atoms with van der Waals surface area (Å²) in [6.45, 7) is 2.19. The molecule has 0 aliphatic rings. The van der Waals surface area contributed by atoms with Crippen LogP contribution >= 0.6 is 22.4 Å². The molecule has 0 atom stereocenters. The van der Waals surface area contributed by atoms with Crippen LogP contribution in [0, 0.1) is 19.3 Å². The van der Waals surface area contributed by atoms with Crippen molar-refractivity contribution in [2.45, 2.75) is 11.8 Å². The van der Waals surface area contributed by atoms with Gasteiger partial charge in [-0.1, -0.05) is 12.0 Å². The maximum Gasteiger partial charge on any atom is 0.261 e. The topological polar surface area (TPSA) is 63.2 Å². The first kappa shape index (κ1) is 16.9. The smallest absolute Gasteiger partial charge is 0.261 e. The van der Waals surface area contributed by atoms with Crippen LogP contribution in [-0.4, -0.2) is 32.4 Å². The molecule has 0 saturated carbocycles. The lowest BCUT2D eigenvalue weighted by atomic mass is 10.1. The van der Waals surface area contributed by atoms with Gasteiger partial charge in [-0.15, -0.1) is 18.2 Å². The summed E-state index contributed by atoms with van der Waals surface area (Å²) >= 11 is 1.53. The van der Waals surface area contributed by atoms with Crippen molar-refractivity contribution >= 4 is 37.4 Å². The number of hydrogen-bond acceptors (Lipinski definition) is 4. The van der Waals surface area contributed by atoms with E-state index in [-0.39, 0.29) is 10.8 Å². The Morgan fingerprint density at radius 2 is 2.20 bits per heavy atom. The van der Waals surface area contributed by atoms with Crippen molar-refractivity contribution in [2.75, 3.05) is 18.1 Å². The second-order valence-electron chi connectivity index (χ2n) is 3.93. The van der Waals surface area contributed by atoms with Gasteiger partial charge < -0.3 is 5.32 Å². The highest BCUT2D eigenvalue weighted by Crippen LogP contribution is 2.19. The molecule has 1 aromatic carbocycles. The van der Waals surface area contributed by atoms with Crippen molar-refractivity contribution < 1.29 is 13.2 Å². The number of thioether (sulfide) groups is 1. The molecule has 0 aromatic heterocycles. The Balaban J connectivity index is 2.75. The van der Waals surface area contributed by atoms with Crippen LogP contribution in [0.2, 0.25) is 0 Å². The van der Waals surface area contributed by atoms with Crippen LogP contribution in [0.15, 0.2) is 23.1 Å². The molecule has 7 heteroatoms. The number of rotatable bonds is 6. The number of amides is 1. The number of nitrogens with one attached hydrogen (secondary N) is 1. The molecule has 1 rings (SSSR count). The molecule has 0 unspecified atom stereocenters. The zero-order valence-corrected chi connectivity index (χ0v) is 13.2. The SMILES string of the molecule is C#CCSCCNC(=O)c1cc(S(=O)(=O)Cl)ccc1C. The van der Waals surface area contributed by atoms with E-state index in [9.17, 15) is 13.2 Å². The van der Waals surface area contributed by atoms with E-state index in [1.165, 1.54) is 23.9 Å². The standard InChI is InChI=1S/C13H14ClNO3S2/c1-3-7-19-8-6-15-13(16)12-9-11(20(14,17)18)5-4-10(12)2/h1,4-5,9H,6-8H2,2H3,(H,15,16). The third-order valence-electron chi connectivity index (χ3n) is 2.45. The molecular formula is C13H14ClNO3S2. The summed E-state index contributed by atoms with van der Waals surface area (Å²) in [5.41, 5.74) is 0.983. The van der Waals surface area contributed by atoms with Gasteiger partial charge in [0.25, 0.3) is 15.0 Å². The molecule has 0 saturated heterocycles. The Hall–Kier alpha value is -1.16. The van der Waals surface area contributed by atoms with Gasteiger partial charge in [-0.05, 0) is 24.6 Å². The Morgan fingerprint density at radius 1 is 1.50 bits per heavy atom. The molecule has 20 heavy (non-hydrogen) atoms. The van der Waals surface area contributed by atoms with Crippen LogP contribution in [0.3, 0.4) is 0 Å². The summed E-state index contributed by atoms with van der Waals surface area (Å²) in [7, 11) is 1.43. The second-order valence-corrected chi connectivity index (χ2v) is 7.60. The largest absolute Gasteiger partial charge is 0.351 e. The van der Waals surface area contributed by atoms with E-state index in [1.807, 2.05) is 0 Å². The van der Waals surface area contributed by atoms with Crippen LogP contribution < -0.4 is 5.32 Å². The molecular weight excluding hydrogens is 318 g/mol. The van der Waals surface area contributed by atoms with Crippen molar-refractivity contribution in [3.8, 4) is 12.3 Å². The minimum absolute atomic E-state index is 0.0865. The van der Waals surface area contributed by atoms with E-state index in [1.54, 1.807) is 13.0 Å². The van der Waals surface area contributed by atoms with Crippen molar-refractivity contribution in [2.24, 2.45) is 0 Å². The molecule has 1 N–H and O–H groups in total. The molecule has 0 bridgehead atoms. The molecule has 0 aliphatic carbocycles. The molecule has 4 nitrogen and oxygen atoms in total. The fourth-order valence-corrected chi connectivity index (χ4v) is 2.75. The summed E-state index contributed by atoms with van der Waals surface area (Å²) in [6, 6.07) is 4.20. The molecule has 1 aromatic rings. The van der Waals surface area contributed by atoms with Gasteiger partial charge in [-0.25, -0.2) is 8.42 Å². The van der Waals surface area contributed by atoms with Gasteiger partial charge in [0.05, 0.1) is 10.6 Å². The molecule has 108 valence electrons. The fourth-order valence-electron chi connectivity index (χ4n) is 1.46. The summed E-state index contributed by atoms with van der Waals surface area (Å²) in [6.07, 6.45) is 5.11. The van der Waals surface area contributed by atoms with E-state index < -0.39 is 9.05 Å². The molecule has 0 aliphatic heterocycles. The Bertz CT molecular complexity index is 636. The first-order valence-electron chi connectivity index (χ1n) is 5.71. The van der Waals surface area contributed by atoms with Gasteiger partial charge in [-0.2, -0.15) is 0 Å². The number of halogens is 1. The normalized spacial score (nSPS) is 10.8. The number of carbonyl (C=O) groups excluding carboxylic acids is 1. The van der Waals surface area contributed by atoms with Gasteiger partial charge in [0.1, 0.15) is 0 Å². The minimum Gasteiger partial charge on any atom is -0.351 e. The number of aryl methyl sites for hydroxylation is 1. The average Bonchev–Trinajstić information content (AvgIpc) is 2.37. The zero-order valence-electron chi connectivity index (χ0n) is 10.8. The van der Waals surface area contributed by atoms with Gasteiger partial charge in [0.15, 0.2) is 0 Å². The number of carbonyl (C=O) groups is 1. The van der Waals surface area contributed by atoms with Crippen molar-refractivity contribution in [1.82, 2.24) is 5.32 Å². The number of hydrogen-bond donors (Lipinski definition) is 1. The van der Waals surface area contributed by atoms with Crippen molar-refractivity contribution in [3.05, 3.63) is 29.3 Å². The van der Waals surface area contributed by atoms with Crippen LogP contribution in [0.1, 0.15) is 15.9 Å². The van der Waals surface area contributed by atoms with Crippen molar-refractivity contribution in [1.29, 1.82) is 0 Å². The van der Waals surface area contributed by atoms with Crippen LogP contribution in [0.5, 0.6) is 0 Å². The first-order chi connectivity index (χ1) is 9.36. The van der Waals surface area contributed by atoms with Crippen LogP contribution in [0.25, 0.3) is 0 Å². The van der Waals surface area contributed by atoms with E-state index >= 15 is 0 Å². The van der Waals surface area contributed by atoms with E-state index in [4.69, 9.17) is 17.1 Å². The highest BCUT2D eigenvalue weighted by atomic mass is 35.7. The van der Waals surface area contributed by atoms with E-state index in [2.05, 4.69) is 11.2 Å². The summed E-state index contributed by atoms with van der Waals surface area (Å²) in [5, 5.41) is 2.71. The predicted octanol–water partition coefficient (Wildman–Crippen LogP) is 2.02. The Kier molecular flexibility index (Phi) is 6.40. The van der Waals surface area contributed by atoms with Gasteiger partial charge in [-0.3, -0.25) is 4.79 Å². The monoisotopic (exact) mass is 331 g/mol. The summed E-state index contributed by atoms with van der Waals surface area (Å²) in [4.78, 5) is 11.9. The second kappa shape index (κ2) is 7.58. The van der Waals surface area contributed by atoms with Crippen LogP contribution in [-0.2, 0) is 9.05 Å². The number of terminal acetylenes is 1. The van der Waals surface area contributed by atoms with Gasteiger partial charge in [0, 0.05) is 28.5 Å². The lowest BCUT2D eigenvalue weighted by Crippen LogP contribution is -2.26. The van der Waals surface area contributed by atoms with E-state index in [0.717, 1.165) is 0 Å². The first-order valence-corrected chi connectivity index (χ1v) is 9.17. The quantitative estimate of drug-likeness (QED) is 0.492. The fraction of sp³-hybridized carbons (Fsp3) is 0.308. The van der Waals surface area contributed by atoms with Crippen LogP contribution in [0.4, 0.5) is 0 Å². The third-order valence-corrected chi connectivity index (χ3v) is 4.67. The molecule has 0 spiro atoms. The molecule has 0 fully saturated rings. The summed E-state index contributed by atoms with van der Waals surface area (Å²) < 4.78 is 22.5.